The van der Waals surface area contributed by atoms with Gasteiger partial charge in [0.25, 0.3) is 0 Å². The largest absolute Gasteiger partial charge is 0.357 e. The molecule has 1 aromatic heterocycles. The van der Waals surface area contributed by atoms with Crippen LogP contribution in [0.4, 0.5) is 0 Å². The minimum Gasteiger partial charge on any atom is -0.357 e. The van der Waals surface area contributed by atoms with Crippen LogP contribution in [0.3, 0.4) is 0 Å². The fraction of sp³-hybridized carbons (Fsp3) is 0.600. The predicted molar refractivity (Wildman–Crippen MR) is 127 cm³/mol. The van der Waals surface area contributed by atoms with Crippen molar-refractivity contribution in [1.82, 2.24) is 24.9 Å². The Bertz CT molecular complexity index is 855. The molecule has 2 unspecified atom stereocenters. The molecule has 4 rings (SSSR count). The van der Waals surface area contributed by atoms with Crippen molar-refractivity contribution in [2.24, 2.45) is 12.0 Å². The molecular weight excluding hydrogens is 384 g/mol. The molecule has 0 spiro atoms. The predicted octanol–water partition coefficient (Wildman–Crippen LogP) is 3.75. The number of guanidine groups is 1. The van der Waals surface area contributed by atoms with Gasteiger partial charge in [0.2, 0.25) is 0 Å². The van der Waals surface area contributed by atoms with Gasteiger partial charge in [0.05, 0.1) is 12.7 Å². The Labute approximate surface area is 187 Å². The Morgan fingerprint density at radius 3 is 2.65 bits per heavy atom. The lowest BCUT2D eigenvalue weighted by Gasteiger charge is -2.33. The first kappa shape index (κ1) is 21.9. The number of nitrogens with one attached hydrogen (secondary N) is 1. The molecule has 6 heteroatoms. The third-order valence-electron chi connectivity index (χ3n) is 6.78. The van der Waals surface area contributed by atoms with E-state index in [4.69, 9.17) is 4.99 Å². The molecule has 0 saturated carbocycles. The second-order valence-electron chi connectivity index (χ2n) is 9.18. The number of aromatic nitrogens is 2. The van der Waals surface area contributed by atoms with Crippen LogP contribution >= 0.6 is 0 Å². The van der Waals surface area contributed by atoms with Crippen molar-refractivity contribution in [3.05, 3.63) is 53.3 Å². The average Bonchev–Trinajstić information content (AvgIpc) is 3.43. The summed E-state index contributed by atoms with van der Waals surface area (Å²) < 4.78 is 1.90. The number of piperidine rings is 1. The number of hydrogen-bond donors (Lipinski definition) is 1. The van der Waals surface area contributed by atoms with Crippen LogP contribution in [0.1, 0.15) is 62.1 Å². The van der Waals surface area contributed by atoms with E-state index in [9.17, 15) is 0 Å². The van der Waals surface area contributed by atoms with Crippen molar-refractivity contribution in [1.29, 1.82) is 0 Å². The third kappa shape index (κ3) is 5.67. The maximum absolute atomic E-state index is 4.96. The molecule has 2 saturated heterocycles. The number of nitrogens with zero attached hydrogens (tertiary/aromatic N) is 5. The molecule has 6 nitrogen and oxygen atoms in total. The molecule has 31 heavy (non-hydrogen) atoms. The second kappa shape index (κ2) is 10.3. The number of likely N-dealkylation sites (tertiary alicyclic amines) is 2. The summed E-state index contributed by atoms with van der Waals surface area (Å²) in [5, 5.41) is 7.83. The average molecular weight is 423 g/mol. The molecule has 2 aliphatic rings. The molecule has 2 fully saturated rings. The van der Waals surface area contributed by atoms with E-state index in [0.717, 1.165) is 45.1 Å². The van der Waals surface area contributed by atoms with Crippen molar-refractivity contribution in [3.8, 4) is 0 Å². The second-order valence-corrected chi connectivity index (χ2v) is 9.18. The van der Waals surface area contributed by atoms with Crippen LogP contribution in [0.5, 0.6) is 0 Å². The minimum atomic E-state index is 0.536. The SMILES string of the molecule is CCNC(=NCc1ccc(CN2CCCCC2C)cc1)N1CCC(c2cnn(C)c2)C1. The van der Waals surface area contributed by atoms with E-state index in [1.165, 1.54) is 42.5 Å². The number of hydrogen-bond acceptors (Lipinski definition) is 3. The summed E-state index contributed by atoms with van der Waals surface area (Å²) in [6.07, 6.45) is 9.35. The van der Waals surface area contributed by atoms with Crippen LogP contribution in [0.15, 0.2) is 41.7 Å². The van der Waals surface area contributed by atoms with Gasteiger partial charge >= 0.3 is 0 Å². The maximum Gasteiger partial charge on any atom is 0.194 e. The van der Waals surface area contributed by atoms with E-state index in [1.807, 2.05) is 17.9 Å². The van der Waals surface area contributed by atoms with Crippen LogP contribution in [-0.4, -0.2) is 57.8 Å². The smallest absolute Gasteiger partial charge is 0.194 e. The summed E-state index contributed by atoms with van der Waals surface area (Å²) in [5.74, 6) is 1.56. The Hall–Kier alpha value is -2.34. The van der Waals surface area contributed by atoms with Crippen molar-refractivity contribution >= 4 is 5.96 Å². The summed E-state index contributed by atoms with van der Waals surface area (Å²) in [5.41, 5.74) is 4.01. The zero-order chi connectivity index (χ0) is 21.6. The highest BCUT2D eigenvalue weighted by molar-refractivity contribution is 5.80. The van der Waals surface area contributed by atoms with Crippen LogP contribution < -0.4 is 5.32 Å². The fourth-order valence-electron chi connectivity index (χ4n) is 4.84. The van der Waals surface area contributed by atoms with Gasteiger partial charge in [0.1, 0.15) is 0 Å². The first-order valence-corrected chi connectivity index (χ1v) is 12.0. The van der Waals surface area contributed by atoms with Crippen LogP contribution in [0.25, 0.3) is 0 Å². The highest BCUT2D eigenvalue weighted by Gasteiger charge is 2.27. The maximum atomic E-state index is 4.96. The fourth-order valence-corrected chi connectivity index (χ4v) is 4.84. The van der Waals surface area contributed by atoms with Crippen molar-refractivity contribution in [3.63, 3.8) is 0 Å². The van der Waals surface area contributed by atoms with E-state index in [2.05, 4.69) is 64.5 Å². The lowest BCUT2D eigenvalue weighted by molar-refractivity contribution is 0.152. The molecule has 0 bridgehead atoms. The third-order valence-corrected chi connectivity index (χ3v) is 6.78. The number of aliphatic imine (C=N–C) groups is 1. The van der Waals surface area contributed by atoms with E-state index in [-0.39, 0.29) is 0 Å². The molecule has 168 valence electrons. The zero-order valence-electron chi connectivity index (χ0n) is 19.4. The zero-order valence-corrected chi connectivity index (χ0v) is 19.4. The molecular formula is C25H38N6. The summed E-state index contributed by atoms with van der Waals surface area (Å²) >= 11 is 0. The molecule has 0 amide bonds. The van der Waals surface area contributed by atoms with Crippen LogP contribution in [0.2, 0.25) is 0 Å². The molecule has 2 aliphatic heterocycles. The molecule has 0 aliphatic carbocycles. The highest BCUT2D eigenvalue weighted by atomic mass is 15.3. The lowest BCUT2D eigenvalue weighted by atomic mass is 10.0. The lowest BCUT2D eigenvalue weighted by Crippen LogP contribution is -2.40. The van der Waals surface area contributed by atoms with Crippen molar-refractivity contribution in [2.45, 2.75) is 64.6 Å². The first-order valence-electron chi connectivity index (χ1n) is 12.0. The van der Waals surface area contributed by atoms with Gasteiger partial charge in [-0.2, -0.15) is 5.10 Å². The monoisotopic (exact) mass is 422 g/mol. The molecule has 0 radical (unpaired) electrons. The van der Waals surface area contributed by atoms with Gasteiger partial charge < -0.3 is 10.2 Å². The Morgan fingerprint density at radius 1 is 1.13 bits per heavy atom. The molecule has 3 heterocycles. The van der Waals surface area contributed by atoms with Crippen molar-refractivity contribution in [2.75, 3.05) is 26.2 Å². The summed E-state index contributed by atoms with van der Waals surface area (Å²) in [6, 6.07) is 9.77. The number of benzene rings is 1. The van der Waals surface area contributed by atoms with Crippen LogP contribution in [0, 0.1) is 0 Å². The molecule has 2 aromatic rings. The topological polar surface area (TPSA) is 48.7 Å². The van der Waals surface area contributed by atoms with E-state index in [0.29, 0.717) is 12.0 Å². The first-order chi connectivity index (χ1) is 15.1. The Kier molecular flexibility index (Phi) is 7.28. The quantitative estimate of drug-likeness (QED) is 0.569. The number of aryl methyl sites for hydroxylation is 1. The minimum absolute atomic E-state index is 0.536. The Balaban J connectivity index is 1.35. The van der Waals surface area contributed by atoms with Crippen molar-refractivity contribution < 1.29 is 0 Å². The molecule has 1 N–H and O–H groups in total. The normalized spacial score (nSPS) is 22.8. The molecule has 1 aromatic carbocycles. The van der Waals surface area contributed by atoms with Gasteiger partial charge in [-0.05, 0) is 56.3 Å². The summed E-state index contributed by atoms with van der Waals surface area (Å²) in [4.78, 5) is 9.97. The highest BCUT2D eigenvalue weighted by Crippen LogP contribution is 2.27. The van der Waals surface area contributed by atoms with Gasteiger partial charge in [-0.25, -0.2) is 4.99 Å². The summed E-state index contributed by atoms with van der Waals surface area (Å²) in [6.45, 7) is 10.5. The van der Waals surface area contributed by atoms with E-state index < -0.39 is 0 Å². The van der Waals surface area contributed by atoms with Gasteiger partial charge in [-0.3, -0.25) is 9.58 Å². The van der Waals surface area contributed by atoms with Crippen LogP contribution in [-0.2, 0) is 20.1 Å². The molecule has 2 atom stereocenters. The van der Waals surface area contributed by atoms with Gasteiger partial charge in [0, 0.05) is 51.4 Å². The van der Waals surface area contributed by atoms with Gasteiger partial charge in [0.15, 0.2) is 5.96 Å². The van der Waals surface area contributed by atoms with Gasteiger partial charge in [-0.1, -0.05) is 30.7 Å². The van der Waals surface area contributed by atoms with Gasteiger partial charge in [-0.15, -0.1) is 0 Å². The van der Waals surface area contributed by atoms with E-state index >= 15 is 0 Å². The summed E-state index contributed by atoms with van der Waals surface area (Å²) in [7, 11) is 1.99. The standard InChI is InChI=1S/C25H38N6/c1-4-26-25(31-14-12-23(19-31)24-16-28-29(3)18-24)27-15-21-8-10-22(11-9-21)17-30-13-6-5-7-20(30)2/h8-11,16,18,20,23H,4-7,12-15,17,19H2,1-3H3,(H,26,27). The Morgan fingerprint density at radius 2 is 1.94 bits per heavy atom. The van der Waals surface area contributed by atoms with E-state index in [1.54, 1.807) is 0 Å². The number of rotatable bonds is 6.